The van der Waals surface area contributed by atoms with Gasteiger partial charge in [0.15, 0.2) is 0 Å². The SMILES string of the molecule is OCc1ccc(CNCc2cc(Br)cs2)o1. The van der Waals surface area contributed by atoms with Crippen molar-refractivity contribution in [2.24, 2.45) is 0 Å². The summed E-state index contributed by atoms with van der Waals surface area (Å²) in [5.74, 6) is 1.45. The van der Waals surface area contributed by atoms with Gasteiger partial charge < -0.3 is 14.8 Å². The van der Waals surface area contributed by atoms with Crippen molar-refractivity contribution in [1.29, 1.82) is 0 Å². The van der Waals surface area contributed by atoms with E-state index >= 15 is 0 Å². The summed E-state index contributed by atoms with van der Waals surface area (Å²) in [6.45, 7) is 1.46. The number of halogens is 1. The summed E-state index contributed by atoms with van der Waals surface area (Å²) in [5.41, 5.74) is 0. The van der Waals surface area contributed by atoms with Crippen LogP contribution < -0.4 is 5.32 Å². The monoisotopic (exact) mass is 301 g/mol. The molecule has 3 nitrogen and oxygen atoms in total. The van der Waals surface area contributed by atoms with Gasteiger partial charge >= 0.3 is 0 Å². The van der Waals surface area contributed by atoms with Crippen LogP contribution >= 0.6 is 27.3 Å². The first-order valence-corrected chi connectivity index (χ1v) is 6.57. The van der Waals surface area contributed by atoms with Crippen LogP contribution in [0.1, 0.15) is 16.4 Å². The van der Waals surface area contributed by atoms with Gasteiger partial charge in [0.05, 0.1) is 6.54 Å². The topological polar surface area (TPSA) is 45.4 Å². The summed E-state index contributed by atoms with van der Waals surface area (Å²) < 4.78 is 6.48. The molecular weight excluding hydrogens is 290 g/mol. The van der Waals surface area contributed by atoms with Crippen LogP contribution in [0, 0.1) is 0 Å². The molecule has 86 valence electrons. The standard InChI is InChI=1S/C11H12BrNO2S/c12-8-3-11(16-7-8)5-13-4-9-1-2-10(6-14)15-9/h1-3,7,13-14H,4-6H2. The molecule has 0 saturated heterocycles. The number of rotatable bonds is 5. The van der Waals surface area contributed by atoms with E-state index in [1.807, 2.05) is 6.07 Å². The first-order chi connectivity index (χ1) is 7.78. The van der Waals surface area contributed by atoms with Gasteiger partial charge in [0, 0.05) is 21.3 Å². The molecular formula is C11H12BrNO2S. The Kier molecular flexibility index (Phi) is 4.17. The minimum atomic E-state index is -0.0438. The number of furan rings is 1. The second kappa shape index (κ2) is 5.63. The first kappa shape index (κ1) is 11.9. The van der Waals surface area contributed by atoms with E-state index in [1.165, 1.54) is 4.88 Å². The number of aliphatic hydroxyl groups excluding tert-OH is 1. The van der Waals surface area contributed by atoms with Gasteiger partial charge in [0.25, 0.3) is 0 Å². The Balaban J connectivity index is 1.79. The third-order valence-electron chi connectivity index (χ3n) is 2.09. The lowest BCUT2D eigenvalue weighted by atomic mass is 10.4. The van der Waals surface area contributed by atoms with Crippen LogP contribution in [-0.4, -0.2) is 5.11 Å². The van der Waals surface area contributed by atoms with Crippen LogP contribution in [-0.2, 0) is 19.7 Å². The predicted octanol–water partition coefficient (Wildman–Crippen LogP) is 2.89. The summed E-state index contributed by atoms with van der Waals surface area (Å²) in [7, 11) is 0. The fourth-order valence-corrected chi connectivity index (χ4v) is 2.78. The number of hydrogen-bond donors (Lipinski definition) is 2. The van der Waals surface area contributed by atoms with Crippen molar-refractivity contribution in [3.8, 4) is 0 Å². The minimum Gasteiger partial charge on any atom is -0.462 e. The highest BCUT2D eigenvalue weighted by molar-refractivity contribution is 9.10. The molecule has 2 N–H and O–H groups in total. The van der Waals surface area contributed by atoms with Crippen molar-refractivity contribution in [2.45, 2.75) is 19.7 Å². The van der Waals surface area contributed by atoms with Crippen LogP contribution in [0.25, 0.3) is 0 Å². The Morgan fingerprint density at radius 1 is 1.31 bits per heavy atom. The fourth-order valence-electron chi connectivity index (χ4n) is 1.36. The van der Waals surface area contributed by atoms with Gasteiger partial charge in [-0.15, -0.1) is 11.3 Å². The Bertz CT molecular complexity index is 452. The highest BCUT2D eigenvalue weighted by Gasteiger charge is 2.01. The van der Waals surface area contributed by atoms with Gasteiger partial charge in [-0.1, -0.05) is 0 Å². The third-order valence-corrected chi connectivity index (χ3v) is 3.79. The molecule has 2 rings (SSSR count). The maximum Gasteiger partial charge on any atom is 0.129 e. The van der Waals surface area contributed by atoms with Crippen LogP contribution in [0.4, 0.5) is 0 Å². The van der Waals surface area contributed by atoms with Crippen molar-refractivity contribution >= 4 is 27.3 Å². The predicted molar refractivity (Wildman–Crippen MR) is 67.2 cm³/mol. The lowest BCUT2D eigenvalue weighted by Gasteiger charge is -1.99. The van der Waals surface area contributed by atoms with Gasteiger partial charge in [-0.2, -0.15) is 0 Å². The first-order valence-electron chi connectivity index (χ1n) is 4.90. The number of nitrogens with one attached hydrogen (secondary N) is 1. The molecule has 0 aliphatic rings. The zero-order valence-electron chi connectivity index (χ0n) is 8.57. The van der Waals surface area contributed by atoms with E-state index in [0.29, 0.717) is 12.3 Å². The largest absolute Gasteiger partial charge is 0.462 e. The van der Waals surface area contributed by atoms with Crippen LogP contribution in [0.5, 0.6) is 0 Å². The molecule has 0 aliphatic heterocycles. The van der Waals surface area contributed by atoms with Gasteiger partial charge in [0.2, 0.25) is 0 Å². The summed E-state index contributed by atoms with van der Waals surface area (Å²) in [4.78, 5) is 1.28. The van der Waals surface area contributed by atoms with Crippen molar-refractivity contribution in [2.75, 3.05) is 0 Å². The quantitative estimate of drug-likeness (QED) is 0.892. The van der Waals surface area contributed by atoms with E-state index in [0.717, 1.165) is 16.8 Å². The summed E-state index contributed by atoms with van der Waals surface area (Å²) in [6, 6.07) is 5.76. The molecule has 5 heteroatoms. The van der Waals surface area contributed by atoms with E-state index in [-0.39, 0.29) is 6.61 Å². The van der Waals surface area contributed by atoms with Crippen molar-refractivity contribution < 1.29 is 9.52 Å². The van der Waals surface area contributed by atoms with E-state index in [4.69, 9.17) is 9.52 Å². The Morgan fingerprint density at radius 2 is 2.12 bits per heavy atom. The molecule has 0 bridgehead atoms. The smallest absolute Gasteiger partial charge is 0.129 e. The molecule has 2 aromatic rings. The second-order valence-corrected chi connectivity index (χ2v) is 5.27. The molecule has 0 amide bonds. The van der Waals surface area contributed by atoms with Gasteiger partial charge in [0.1, 0.15) is 18.1 Å². The molecule has 2 heterocycles. The third kappa shape index (κ3) is 3.18. The molecule has 16 heavy (non-hydrogen) atoms. The number of hydrogen-bond acceptors (Lipinski definition) is 4. The minimum absolute atomic E-state index is 0.0438. The number of thiophene rings is 1. The molecule has 0 unspecified atom stereocenters. The second-order valence-electron chi connectivity index (χ2n) is 3.36. The molecule has 2 aromatic heterocycles. The highest BCUT2D eigenvalue weighted by Crippen LogP contribution is 2.19. The zero-order valence-corrected chi connectivity index (χ0v) is 11.0. The van der Waals surface area contributed by atoms with E-state index in [1.54, 1.807) is 17.4 Å². The average Bonchev–Trinajstić information content (AvgIpc) is 2.88. The van der Waals surface area contributed by atoms with Crippen LogP contribution in [0.15, 0.2) is 32.5 Å². The van der Waals surface area contributed by atoms with Crippen LogP contribution in [0.3, 0.4) is 0 Å². The van der Waals surface area contributed by atoms with Crippen molar-refractivity contribution in [3.63, 3.8) is 0 Å². The summed E-state index contributed by atoms with van der Waals surface area (Å²) >= 11 is 5.13. The normalized spacial score (nSPS) is 10.9. The Hall–Kier alpha value is -0.620. The maximum atomic E-state index is 8.84. The van der Waals surface area contributed by atoms with Crippen molar-refractivity contribution in [1.82, 2.24) is 5.32 Å². The fraction of sp³-hybridized carbons (Fsp3) is 0.273. The van der Waals surface area contributed by atoms with Crippen molar-refractivity contribution in [3.05, 3.63) is 44.4 Å². The van der Waals surface area contributed by atoms with Crippen LogP contribution in [0.2, 0.25) is 0 Å². The lowest BCUT2D eigenvalue weighted by Crippen LogP contribution is -2.10. The van der Waals surface area contributed by atoms with E-state index in [9.17, 15) is 0 Å². The lowest BCUT2D eigenvalue weighted by molar-refractivity contribution is 0.242. The molecule has 0 radical (unpaired) electrons. The van der Waals surface area contributed by atoms with E-state index < -0.39 is 0 Å². The Morgan fingerprint density at radius 3 is 2.75 bits per heavy atom. The summed E-state index contributed by atoms with van der Waals surface area (Å²) in [6.07, 6.45) is 0. The molecule has 0 saturated carbocycles. The average molecular weight is 302 g/mol. The maximum absolute atomic E-state index is 8.84. The zero-order chi connectivity index (χ0) is 11.4. The van der Waals surface area contributed by atoms with E-state index in [2.05, 4.69) is 32.7 Å². The van der Waals surface area contributed by atoms with Gasteiger partial charge in [-0.25, -0.2) is 0 Å². The molecule has 0 atom stereocenters. The molecule has 0 fully saturated rings. The molecule has 0 aromatic carbocycles. The van der Waals surface area contributed by atoms with Gasteiger partial charge in [-0.3, -0.25) is 0 Å². The Labute approximate surface area is 106 Å². The molecule has 0 spiro atoms. The highest BCUT2D eigenvalue weighted by atomic mass is 79.9. The van der Waals surface area contributed by atoms with Gasteiger partial charge in [-0.05, 0) is 34.1 Å². The summed E-state index contributed by atoms with van der Waals surface area (Å²) in [5, 5.41) is 14.2. The number of aliphatic hydroxyl groups is 1. The molecule has 0 aliphatic carbocycles.